The minimum atomic E-state index is 0.187. The van der Waals surface area contributed by atoms with Crippen LogP contribution in [-0.2, 0) is 6.42 Å². The molecule has 1 aromatic heterocycles. The zero-order valence-electron chi connectivity index (χ0n) is 11.1. The largest absolute Gasteiger partial charge is 0.456 e. The molecular weight excluding hydrogens is 384 g/mol. The van der Waals surface area contributed by atoms with Gasteiger partial charge in [0.25, 0.3) is 0 Å². The maximum absolute atomic E-state index is 5.99. The zero-order valence-corrected chi connectivity index (χ0v) is 14.3. The quantitative estimate of drug-likeness (QED) is 0.793. The van der Waals surface area contributed by atoms with Crippen molar-refractivity contribution in [3.63, 3.8) is 0 Å². The number of hydrogen-bond donors (Lipinski definition) is 1. The molecule has 0 aliphatic carbocycles. The third-order valence-corrected chi connectivity index (χ3v) is 4.12. The Labute approximate surface area is 135 Å². The first-order chi connectivity index (χ1) is 9.58. The third kappa shape index (κ3) is 4.30. The van der Waals surface area contributed by atoms with Crippen LogP contribution in [0.25, 0.3) is 0 Å². The highest BCUT2D eigenvalue weighted by atomic mass is 79.9. The third-order valence-electron chi connectivity index (χ3n) is 2.95. The van der Waals surface area contributed by atoms with Gasteiger partial charge in [-0.25, -0.2) is 0 Å². The van der Waals surface area contributed by atoms with E-state index in [1.807, 2.05) is 24.3 Å². The first-order valence-electron chi connectivity index (χ1n) is 6.41. The predicted octanol–water partition coefficient (Wildman–Crippen LogP) is 4.68. The summed E-state index contributed by atoms with van der Waals surface area (Å²) in [5, 5.41) is 0. The Morgan fingerprint density at radius 1 is 1.20 bits per heavy atom. The van der Waals surface area contributed by atoms with Gasteiger partial charge < -0.3 is 10.5 Å². The zero-order chi connectivity index (χ0) is 14.5. The van der Waals surface area contributed by atoms with Crippen molar-refractivity contribution < 1.29 is 4.74 Å². The summed E-state index contributed by atoms with van der Waals surface area (Å²) in [5.74, 6) is 1.47. The molecule has 2 N–H and O–H groups in total. The van der Waals surface area contributed by atoms with E-state index in [1.54, 1.807) is 12.4 Å². The first kappa shape index (κ1) is 15.5. The van der Waals surface area contributed by atoms with Crippen LogP contribution in [0.1, 0.15) is 18.9 Å². The van der Waals surface area contributed by atoms with Gasteiger partial charge in [-0.05, 0) is 52.5 Å². The van der Waals surface area contributed by atoms with Crippen LogP contribution in [0.5, 0.6) is 11.5 Å². The lowest BCUT2D eigenvalue weighted by atomic mass is 10.0. The standard InChI is InChI=1S/C15H16Br2N2O/c1-2-12(18)5-10-3-4-13(7-15(10)17)20-14-6-11(16)8-19-9-14/h3-4,6-9,12H,2,5,18H2,1H3. The molecule has 1 heterocycles. The summed E-state index contributed by atoms with van der Waals surface area (Å²) in [5.41, 5.74) is 7.18. The molecule has 0 amide bonds. The number of hydrogen-bond acceptors (Lipinski definition) is 3. The van der Waals surface area contributed by atoms with Crippen LogP contribution in [0.3, 0.4) is 0 Å². The molecule has 20 heavy (non-hydrogen) atoms. The van der Waals surface area contributed by atoms with Crippen LogP contribution < -0.4 is 10.5 Å². The van der Waals surface area contributed by atoms with Crippen molar-refractivity contribution in [1.82, 2.24) is 4.98 Å². The summed E-state index contributed by atoms with van der Waals surface area (Å²) in [4.78, 5) is 4.07. The van der Waals surface area contributed by atoms with E-state index in [0.29, 0.717) is 5.75 Å². The molecule has 0 aliphatic heterocycles. The van der Waals surface area contributed by atoms with Crippen LogP contribution in [0, 0.1) is 0 Å². The molecule has 1 aromatic carbocycles. The number of halogens is 2. The number of nitrogens with zero attached hydrogens (tertiary/aromatic N) is 1. The summed E-state index contributed by atoms with van der Waals surface area (Å²) in [6.07, 6.45) is 5.22. The molecule has 0 saturated carbocycles. The van der Waals surface area contributed by atoms with Crippen LogP contribution in [-0.4, -0.2) is 11.0 Å². The lowest BCUT2D eigenvalue weighted by Crippen LogP contribution is -2.21. The van der Waals surface area contributed by atoms with E-state index in [1.165, 1.54) is 5.56 Å². The van der Waals surface area contributed by atoms with E-state index in [9.17, 15) is 0 Å². The number of pyridine rings is 1. The van der Waals surface area contributed by atoms with Crippen molar-refractivity contribution in [3.8, 4) is 11.5 Å². The topological polar surface area (TPSA) is 48.1 Å². The average Bonchev–Trinajstić information content (AvgIpc) is 2.41. The highest BCUT2D eigenvalue weighted by molar-refractivity contribution is 9.10. The molecule has 1 atom stereocenters. The van der Waals surface area contributed by atoms with Crippen molar-refractivity contribution in [2.24, 2.45) is 5.73 Å². The molecule has 1 unspecified atom stereocenters. The smallest absolute Gasteiger partial charge is 0.146 e. The second-order valence-corrected chi connectivity index (χ2v) is 6.34. The van der Waals surface area contributed by atoms with Crippen molar-refractivity contribution in [1.29, 1.82) is 0 Å². The predicted molar refractivity (Wildman–Crippen MR) is 88.1 cm³/mol. The maximum Gasteiger partial charge on any atom is 0.146 e. The van der Waals surface area contributed by atoms with Crippen molar-refractivity contribution >= 4 is 31.9 Å². The van der Waals surface area contributed by atoms with E-state index < -0.39 is 0 Å². The van der Waals surface area contributed by atoms with Crippen LogP contribution >= 0.6 is 31.9 Å². The minimum absolute atomic E-state index is 0.187. The van der Waals surface area contributed by atoms with Gasteiger partial charge in [-0.15, -0.1) is 0 Å². The molecule has 0 saturated heterocycles. The first-order valence-corrected chi connectivity index (χ1v) is 7.99. The molecule has 2 aromatic rings. The highest BCUT2D eigenvalue weighted by Crippen LogP contribution is 2.28. The normalized spacial score (nSPS) is 12.2. The summed E-state index contributed by atoms with van der Waals surface area (Å²) in [7, 11) is 0. The number of aromatic nitrogens is 1. The van der Waals surface area contributed by atoms with E-state index in [0.717, 1.165) is 27.5 Å². The van der Waals surface area contributed by atoms with E-state index >= 15 is 0 Å². The Morgan fingerprint density at radius 2 is 2.00 bits per heavy atom. The molecule has 0 fully saturated rings. The van der Waals surface area contributed by atoms with Gasteiger partial charge in [-0.3, -0.25) is 4.98 Å². The SMILES string of the molecule is CCC(N)Cc1ccc(Oc2cncc(Br)c2)cc1Br. The van der Waals surface area contributed by atoms with Gasteiger partial charge in [0, 0.05) is 21.2 Å². The average molecular weight is 400 g/mol. The van der Waals surface area contributed by atoms with Gasteiger partial charge in [0.15, 0.2) is 0 Å². The molecule has 0 bridgehead atoms. The lowest BCUT2D eigenvalue weighted by molar-refractivity contribution is 0.479. The molecule has 0 radical (unpaired) electrons. The van der Waals surface area contributed by atoms with E-state index in [2.05, 4.69) is 43.8 Å². The van der Waals surface area contributed by atoms with Crippen molar-refractivity contribution in [2.75, 3.05) is 0 Å². The fourth-order valence-corrected chi connectivity index (χ4v) is 2.63. The Kier molecular flexibility index (Phi) is 5.57. The van der Waals surface area contributed by atoms with Gasteiger partial charge in [-0.2, -0.15) is 0 Å². The van der Waals surface area contributed by atoms with Gasteiger partial charge in [0.05, 0.1) is 6.20 Å². The van der Waals surface area contributed by atoms with E-state index in [-0.39, 0.29) is 6.04 Å². The van der Waals surface area contributed by atoms with Crippen molar-refractivity contribution in [3.05, 3.63) is 51.2 Å². The van der Waals surface area contributed by atoms with Gasteiger partial charge >= 0.3 is 0 Å². The molecule has 5 heteroatoms. The second kappa shape index (κ2) is 7.20. The number of ether oxygens (including phenoxy) is 1. The summed E-state index contributed by atoms with van der Waals surface area (Å²) in [6, 6.07) is 8.01. The van der Waals surface area contributed by atoms with E-state index in [4.69, 9.17) is 10.5 Å². The van der Waals surface area contributed by atoms with Gasteiger partial charge in [-0.1, -0.05) is 28.9 Å². The van der Waals surface area contributed by atoms with Gasteiger partial charge in [0.1, 0.15) is 11.5 Å². The van der Waals surface area contributed by atoms with Gasteiger partial charge in [0.2, 0.25) is 0 Å². The molecule has 3 nitrogen and oxygen atoms in total. The summed E-state index contributed by atoms with van der Waals surface area (Å²) >= 11 is 6.94. The molecule has 2 rings (SSSR count). The summed E-state index contributed by atoms with van der Waals surface area (Å²) in [6.45, 7) is 2.09. The number of nitrogens with two attached hydrogens (primary N) is 1. The summed E-state index contributed by atoms with van der Waals surface area (Å²) < 4.78 is 7.68. The van der Waals surface area contributed by atoms with Crippen LogP contribution in [0.15, 0.2) is 45.6 Å². The van der Waals surface area contributed by atoms with Crippen molar-refractivity contribution in [2.45, 2.75) is 25.8 Å². The monoisotopic (exact) mass is 398 g/mol. The Bertz CT molecular complexity index is 590. The fourth-order valence-electron chi connectivity index (χ4n) is 1.77. The fraction of sp³-hybridized carbons (Fsp3) is 0.267. The van der Waals surface area contributed by atoms with Crippen LogP contribution in [0.4, 0.5) is 0 Å². The number of rotatable bonds is 5. The lowest BCUT2D eigenvalue weighted by Gasteiger charge is -2.12. The van der Waals surface area contributed by atoms with Crippen LogP contribution in [0.2, 0.25) is 0 Å². The minimum Gasteiger partial charge on any atom is -0.456 e. The Balaban J connectivity index is 2.13. The molecular formula is C15H16Br2N2O. The maximum atomic E-state index is 5.99. The highest BCUT2D eigenvalue weighted by Gasteiger charge is 2.07. The number of benzene rings is 1. The molecule has 106 valence electrons. The molecule has 0 aliphatic rings. The molecule has 0 spiro atoms. The Hall–Kier alpha value is -0.910. The second-order valence-electron chi connectivity index (χ2n) is 4.57. The Morgan fingerprint density at radius 3 is 2.65 bits per heavy atom.